The fourth-order valence-electron chi connectivity index (χ4n) is 1.12. The Kier molecular flexibility index (Phi) is 38.8. The van der Waals surface area contributed by atoms with Crippen molar-refractivity contribution in [2.45, 2.75) is 65.3 Å². The summed E-state index contributed by atoms with van der Waals surface area (Å²) in [7, 11) is 0. The molecule has 0 amide bonds. The summed E-state index contributed by atoms with van der Waals surface area (Å²) >= 11 is 0. The van der Waals surface area contributed by atoms with E-state index in [1.807, 2.05) is 0 Å². The fourth-order valence-corrected chi connectivity index (χ4v) is 1.12. The van der Waals surface area contributed by atoms with Gasteiger partial charge in [-0.3, -0.25) is 24.0 Å². The summed E-state index contributed by atoms with van der Waals surface area (Å²) in [5.74, 6) is -4.17. The maximum absolute atomic E-state index is 9.20. The van der Waals surface area contributed by atoms with Gasteiger partial charge in [-0.05, 0) is 0 Å². The Bertz CT molecular complexity index is 452. The minimum Gasteiger partial charge on any atom is -0.481 e. The number of carboxylic acids is 5. The predicted molar refractivity (Wildman–Crippen MR) is 105 cm³/mol. The number of carboxylic acid groups (broad SMARTS) is 5. The number of aliphatic hydroxyl groups is 4. The fraction of sp³-hybridized carbons (Fsp3) is 0.688. The molecule has 0 aromatic heterocycles. The summed E-state index contributed by atoms with van der Waals surface area (Å²) < 4.78 is 4.70. The van der Waals surface area contributed by atoms with Gasteiger partial charge in [0.2, 0.25) is 0 Å². The summed E-state index contributed by atoms with van der Waals surface area (Å²) in [6.45, 7) is 4.95. The number of aliphatic carboxylic acids is 5. The van der Waals surface area contributed by atoms with Crippen LogP contribution in [-0.2, 0) is 28.7 Å². The van der Waals surface area contributed by atoms with Crippen molar-refractivity contribution in [1.82, 2.24) is 0 Å². The van der Waals surface area contributed by atoms with Crippen LogP contribution in [0.2, 0.25) is 0 Å². The van der Waals surface area contributed by atoms with E-state index >= 15 is 0 Å². The second-order valence-electron chi connectivity index (χ2n) is 5.40. The van der Waals surface area contributed by atoms with Crippen molar-refractivity contribution in [3.05, 3.63) is 0 Å². The van der Waals surface area contributed by atoms with Crippen LogP contribution in [0.4, 0.5) is 0 Å². The molecule has 1 rings (SSSR count). The average Bonchev–Trinajstić information content (AvgIpc) is 2.53. The van der Waals surface area contributed by atoms with Crippen molar-refractivity contribution in [3.63, 3.8) is 0 Å². The van der Waals surface area contributed by atoms with Crippen LogP contribution in [0, 0.1) is 39.9 Å². The zero-order chi connectivity index (χ0) is 27.2. The van der Waals surface area contributed by atoms with E-state index < -0.39 is 67.1 Å². The van der Waals surface area contributed by atoms with Crippen molar-refractivity contribution < 1.29 is 115 Å². The minimum absolute atomic E-state index is 0. The third-order valence-corrected chi connectivity index (χ3v) is 1.95. The molecule has 0 bridgehead atoms. The first kappa shape index (κ1) is 45.0. The SMILES string of the molecule is CC(=O)O.CC(=O)O.CC(=O)O.CC(=O)O.CC(=O)O.N[C@H]1C(O)O[C@H](CO)[C@@H](O)[C@@H]1O.[Gd]. The van der Waals surface area contributed by atoms with Crippen molar-refractivity contribution in [2.75, 3.05) is 6.61 Å². The van der Waals surface area contributed by atoms with E-state index in [0.29, 0.717) is 0 Å². The first-order chi connectivity index (χ1) is 14.2. The minimum atomic E-state index is -1.35. The van der Waals surface area contributed by atoms with Crippen LogP contribution in [0.15, 0.2) is 0 Å². The summed E-state index contributed by atoms with van der Waals surface area (Å²) in [5, 5.41) is 73.1. The zero-order valence-corrected chi connectivity index (χ0v) is 20.8. The van der Waals surface area contributed by atoms with Gasteiger partial charge in [0.15, 0.2) is 6.29 Å². The van der Waals surface area contributed by atoms with Crippen LogP contribution >= 0.6 is 0 Å². The van der Waals surface area contributed by atoms with Crippen LogP contribution in [0.3, 0.4) is 0 Å². The van der Waals surface area contributed by atoms with E-state index in [9.17, 15) is 10.2 Å². The van der Waals surface area contributed by atoms with Crippen LogP contribution in [0.5, 0.6) is 0 Å². The molecule has 1 saturated heterocycles. The molecule has 0 aromatic carbocycles. The summed E-state index contributed by atoms with van der Waals surface area (Å²) in [4.78, 5) is 45.0. The number of hydrogen-bond donors (Lipinski definition) is 10. The van der Waals surface area contributed by atoms with E-state index in [-0.39, 0.29) is 39.9 Å². The first-order valence-electron chi connectivity index (χ1n) is 8.28. The predicted octanol–water partition coefficient (Wildman–Crippen LogP) is -2.80. The molecular formula is C16H33GdNO15. The molecule has 0 radical (unpaired) electrons. The van der Waals surface area contributed by atoms with Gasteiger partial charge in [-0.1, -0.05) is 0 Å². The normalized spacial score (nSPS) is 21.7. The molecule has 17 heteroatoms. The number of nitrogens with two attached hydrogens (primary N) is 1. The zero-order valence-electron chi connectivity index (χ0n) is 18.5. The molecule has 1 aliphatic rings. The van der Waals surface area contributed by atoms with Crippen molar-refractivity contribution in [2.24, 2.45) is 5.73 Å². The van der Waals surface area contributed by atoms with Gasteiger partial charge in [0.1, 0.15) is 18.3 Å². The molecule has 1 aliphatic heterocycles. The number of hydrogen-bond acceptors (Lipinski definition) is 11. The van der Waals surface area contributed by atoms with E-state index in [1.54, 1.807) is 0 Å². The number of carbonyl (C=O) groups is 5. The smallest absolute Gasteiger partial charge is 0.300 e. The van der Waals surface area contributed by atoms with Gasteiger partial charge in [0, 0.05) is 74.6 Å². The van der Waals surface area contributed by atoms with Crippen molar-refractivity contribution in [3.8, 4) is 0 Å². The molecule has 5 atom stereocenters. The summed E-state index contributed by atoms with van der Waals surface area (Å²) in [6.07, 6.45) is -4.85. The molecule has 1 heterocycles. The second-order valence-corrected chi connectivity index (χ2v) is 5.40. The standard InChI is InChI=1S/C6H13NO5.5C2H4O2.Gd/c7-3-5(10)4(9)2(1-8)12-6(3)11;5*1-2(3)4;/h2-6,8-11H,1,7H2;5*1H3,(H,3,4);/t2-,3-,4-,5-,6?;;;;;;/m1....../s1. The molecule has 16 nitrogen and oxygen atoms in total. The molecule has 1 unspecified atom stereocenters. The Labute approximate surface area is 221 Å². The molecule has 33 heavy (non-hydrogen) atoms. The topological polar surface area (TPSA) is 303 Å². The van der Waals surface area contributed by atoms with Gasteiger partial charge in [-0.2, -0.15) is 0 Å². The molecule has 11 N–H and O–H groups in total. The Morgan fingerprint density at radius 3 is 1.06 bits per heavy atom. The molecule has 1 fully saturated rings. The van der Waals surface area contributed by atoms with Gasteiger partial charge in [-0.15, -0.1) is 0 Å². The van der Waals surface area contributed by atoms with Crippen LogP contribution < -0.4 is 5.73 Å². The number of ether oxygens (including phenoxy) is 1. The number of aliphatic hydroxyl groups excluding tert-OH is 4. The molecule has 200 valence electrons. The third-order valence-electron chi connectivity index (χ3n) is 1.95. The maximum atomic E-state index is 9.20. The monoisotopic (exact) mass is 637 g/mol. The maximum Gasteiger partial charge on any atom is 0.300 e. The molecule has 0 aromatic rings. The Morgan fingerprint density at radius 2 is 0.879 bits per heavy atom. The second kappa shape index (κ2) is 28.5. The van der Waals surface area contributed by atoms with E-state index in [2.05, 4.69) is 0 Å². The average molecular weight is 637 g/mol. The van der Waals surface area contributed by atoms with Crippen molar-refractivity contribution >= 4 is 29.8 Å². The quantitative estimate of drug-likeness (QED) is 0.139. The van der Waals surface area contributed by atoms with E-state index in [4.69, 9.17) is 70.2 Å². The van der Waals surface area contributed by atoms with Gasteiger partial charge < -0.3 is 56.4 Å². The van der Waals surface area contributed by atoms with Gasteiger partial charge in [0.05, 0.1) is 12.6 Å². The van der Waals surface area contributed by atoms with Gasteiger partial charge in [-0.25, -0.2) is 0 Å². The van der Waals surface area contributed by atoms with Gasteiger partial charge in [0.25, 0.3) is 29.8 Å². The van der Waals surface area contributed by atoms with Crippen LogP contribution in [0.1, 0.15) is 34.6 Å². The first-order valence-corrected chi connectivity index (χ1v) is 8.28. The van der Waals surface area contributed by atoms with E-state index in [1.165, 1.54) is 0 Å². The summed E-state index contributed by atoms with van der Waals surface area (Å²) in [5.41, 5.74) is 5.26. The van der Waals surface area contributed by atoms with Gasteiger partial charge >= 0.3 is 0 Å². The Balaban J connectivity index is -0.0000000735. The van der Waals surface area contributed by atoms with Crippen molar-refractivity contribution in [1.29, 1.82) is 0 Å². The molecule has 0 saturated carbocycles. The van der Waals surface area contributed by atoms with E-state index in [0.717, 1.165) is 34.6 Å². The van der Waals surface area contributed by atoms with Crippen LogP contribution in [0.25, 0.3) is 0 Å². The van der Waals surface area contributed by atoms with Crippen LogP contribution in [-0.4, -0.2) is 113 Å². The molecule has 0 aliphatic carbocycles. The number of rotatable bonds is 1. The third kappa shape index (κ3) is 58.9. The largest absolute Gasteiger partial charge is 0.481 e. The molecular weight excluding hydrogens is 603 g/mol. The molecule has 0 spiro atoms. The summed E-state index contributed by atoms with van der Waals surface area (Å²) in [6, 6.07) is -1.04. The Morgan fingerprint density at radius 1 is 0.667 bits per heavy atom. The Hall–Kier alpha value is -1.57.